The number of nitrogens with one attached hydrogen (secondary N) is 1. The van der Waals surface area contributed by atoms with E-state index in [0.29, 0.717) is 6.04 Å². The third-order valence-corrected chi connectivity index (χ3v) is 3.22. The average molecular weight is 219 g/mol. The van der Waals surface area contributed by atoms with Crippen molar-refractivity contribution in [1.29, 1.82) is 0 Å². The standard InChI is InChI=1S/C14H21NO/c1-14(2,16)7-8-15-13-9-11-5-3-4-6-12(11)10-13/h3-6,13,15-16H,7-10H2,1-2H3. The largest absolute Gasteiger partial charge is 0.390 e. The highest BCUT2D eigenvalue weighted by Crippen LogP contribution is 2.21. The van der Waals surface area contributed by atoms with Crippen molar-refractivity contribution in [2.24, 2.45) is 0 Å². The van der Waals surface area contributed by atoms with E-state index in [1.54, 1.807) is 0 Å². The van der Waals surface area contributed by atoms with Crippen molar-refractivity contribution in [3.8, 4) is 0 Å². The Hall–Kier alpha value is -0.860. The maximum absolute atomic E-state index is 9.63. The topological polar surface area (TPSA) is 32.3 Å². The first-order valence-electron chi connectivity index (χ1n) is 6.07. The fourth-order valence-corrected chi connectivity index (χ4v) is 2.29. The lowest BCUT2D eigenvalue weighted by Crippen LogP contribution is -2.34. The van der Waals surface area contributed by atoms with Gasteiger partial charge in [0.1, 0.15) is 0 Å². The van der Waals surface area contributed by atoms with Crippen molar-refractivity contribution in [3.63, 3.8) is 0 Å². The van der Waals surface area contributed by atoms with Crippen LogP contribution in [0, 0.1) is 0 Å². The van der Waals surface area contributed by atoms with Gasteiger partial charge in [0, 0.05) is 6.04 Å². The zero-order chi connectivity index (χ0) is 11.6. The zero-order valence-corrected chi connectivity index (χ0v) is 10.2. The predicted octanol–water partition coefficient (Wildman–Crippen LogP) is 1.90. The molecular weight excluding hydrogens is 198 g/mol. The lowest BCUT2D eigenvalue weighted by Gasteiger charge is -2.19. The molecule has 0 bridgehead atoms. The summed E-state index contributed by atoms with van der Waals surface area (Å²) in [5.74, 6) is 0. The van der Waals surface area contributed by atoms with Crippen LogP contribution in [0.15, 0.2) is 24.3 Å². The van der Waals surface area contributed by atoms with Gasteiger partial charge < -0.3 is 10.4 Å². The first-order chi connectivity index (χ1) is 7.54. The summed E-state index contributed by atoms with van der Waals surface area (Å²) in [7, 11) is 0. The number of hydrogen-bond acceptors (Lipinski definition) is 2. The molecular formula is C14H21NO. The van der Waals surface area contributed by atoms with Crippen LogP contribution in [0.2, 0.25) is 0 Å². The Morgan fingerprint density at radius 2 is 1.81 bits per heavy atom. The first kappa shape index (κ1) is 11.6. The van der Waals surface area contributed by atoms with E-state index >= 15 is 0 Å². The molecule has 2 rings (SSSR count). The van der Waals surface area contributed by atoms with E-state index in [1.807, 2.05) is 13.8 Å². The van der Waals surface area contributed by atoms with Crippen LogP contribution in [0.1, 0.15) is 31.4 Å². The maximum Gasteiger partial charge on any atom is 0.0603 e. The molecule has 1 aliphatic rings. The molecule has 0 amide bonds. The molecule has 0 aliphatic heterocycles. The van der Waals surface area contributed by atoms with E-state index in [2.05, 4.69) is 29.6 Å². The Labute approximate surface area is 97.7 Å². The molecule has 1 aromatic rings. The molecule has 2 heteroatoms. The lowest BCUT2D eigenvalue weighted by molar-refractivity contribution is 0.0704. The number of aliphatic hydroxyl groups is 1. The third kappa shape index (κ3) is 3.06. The van der Waals surface area contributed by atoms with Crippen molar-refractivity contribution in [3.05, 3.63) is 35.4 Å². The maximum atomic E-state index is 9.63. The van der Waals surface area contributed by atoms with E-state index < -0.39 is 5.60 Å². The Morgan fingerprint density at radius 3 is 2.31 bits per heavy atom. The van der Waals surface area contributed by atoms with Gasteiger partial charge in [-0.3, -0.25) is 0 Å². The van der Waals surface area contributed by atoms with E-state index in [0.717, 1.165) is 25.8 Å². The van der Waals surface area contributed by atoms with E-state index in [4.69, 9.17) is 0 Å². The van der Waals surface area contributed by atoms with Crippen LogP contribution in [0.25, 0.3) is 0 Å². The molecule has 0 saturated heterocycles. The molecule has 2 N–H and O–H groups in total. The second-order valence-corrected chi connectivity index (χ2v) is 5.39. The van der Waals surface area contributed by atoms with Gasteiger partial charge in [-0.15, -0.1) is 0 Å². The SMILES string of the molecule is CC(C)(O)CCNC1Cc2ccccc2C1. The van der Waals surface area contributed by atoms with Gasteiger partial charge in [0.2, 0.25) is 0 Å². The Kier molecular flexibility index (Phi) is 3.31. The average Bonchev–Trinajstić information content (AvgIpc) is 2.57. The van der Waals surface area contributed by atoms with Crippen molar-refractivity contribution >= 4 is 0 Å². The van der Waals surface area contributed by atoms with Gasteiger partial charge in [0.15, 0.2) is 0 Å². The smallest absolute Gasteiger partial charge is 0.0603 e. The Bertz CT molecular complexity index is 329. The molecule has 0 saturated carbocycles. The second-order valence-electron chi connectivity index (χ2n) is 5.39. The summed E-state index contributed by atoms with van der Waals surface area (Å²) in [4.78, 5) is 0. The quantitative estimate of drug-likeness (QED) is 0.810. The predicted molar refractivity (Wildman–Crippen MR) is 66.6 cm³/mol. The summed E-state index contributed by atoms with van der Waals surface area (Å²) in [6.45, 7) is 4.61. The molecule has 2 nitrogen and oxygen atoms in total. The van der Waals surface area contributed by atoms with E-state index in [9.17, 15) is 5.11 Å². The number of benzene rings is 1. The van der Waals surface area contributed by atoms with Crippen LogP contribution in [0.5, 0.6) is 0 Å². The van der Waals surface area contributed by atoms with Crippen molar-refractivity contribution in [1.82, 2.24) is 5.32 Å². The number of fused-ring (bicyclic) bond motifs is 1. The van der Waals surface area contributed by atoms with Crippen LogP contribution in [-0.4, -0.2) is 23.3 Å². The van der Waals surface area contributed by atoms with Crippen LogP contribution in [-0.2, 0) is 12.8 Å². The third-order valence-electron chi connectivity index (χ3n) is 3.22. The number of hydrogen-bond donors (Lipinski definition) is 2. The molecule has 0 unspecified atom stereocenters. The van der Waals surface area contributed by atoms with E-state index in [1.165, 1.54) is 11.1 Å². The molecule has 0 radical (unpaired) electrons. The van der Waals surface area contributed by atoms with Gasteiger partial charge in [-0.1, -0.05) is 24.3 Å². The van der Waals surface area contributed by atoms with Crippen LogP contribution in [0.3, 0.4) is 0 Å². The number of rotatable bonds is 4. The minimum atomic E-state index is -0.557. The summed E-state index contributed by atoms with van der Waals surface area (Å²) in [5, 5.41) is 13.2. The van der Waals surface area contributed by atoms with Crippen molar-refractivity contribution < 1.29 is 5.11 Å². The van der Waals surface area contributed by atoms with Crippen molar-refractivity contribution in [2.45, 2.75) is 44.8 Å². The van der Waals surface area contributed by atoms with Crippen LogP contribution < -0.4 is 5.32 Å². The highest BCUT2D eigenvalue weighted by Gasteiger charge is 2.21. The fraction of sp³-hybridized carbons (Fsp3) is 0.571. The molecule has 0 aromatic heterocycles. The van der Waals surface area contributed by atoms with Gasteiger partial charge in [-0.25, -0.2) is 0 Å². The van der Waals surface area contributed by atoms with Crippen LogP contribution in [0.4, 0.5) is 0 Å². The van der Waals surface area contributed by atoms with Gasteiger partial charge in [0.25, 0.3) is 0 Å². The molecule has 0 spiro atoms. The highest BCUT2D eigenvalue weighted by atomic mass is 16.3. The summed E-state index contributed by atoms with van der Waals surface area (Å²) in [6, 6.07) is 9.20. The normalized spacial score (nSPS) is 16.4. The van der Waals surface area contributed by atoms with Gasteiger partial charge in [-0.05, 0) is 50.8 Å². The summed E-state index contributed by atoms with van der Waals surface area (Å²) in [5.41, 5.74) is 2.39. The molecule has 1 aromatic carbocycles. The molecule has 0 atom stereocenters. The van der Waals surface area contributed by atoms with Crippen LogP contribution >= 0.6 is 0 Å². The zero-order valence-electron chi connectivity index (χ0n) is 10.2. The van der Waals surface area contributed by atoms with Crippen molar-refractivity contribution in [2.75, 3.05) is 6.54 Å². The molecule has 1 aliphatic carbocycles. The molecule has 88 valence electrons. The fourth-order valence-electron chi connectivity index (χ4n) is 2.29. The second kappa shape index (κ2) is 4.56. The molecule has 16 heavy (non-hydrogen) atoms. The summed E-state index contributed by atoms with van der Waals surface area (Å²) >= 11 is 0. The Morgan fingerprint density at radius 1 is 1.25 bits per heavy atom. The van der Waals surface area contributed by atoms with Gasteiger partial charge in [0.05, 0.1) is 5.60 Å². The van der Waals surface area contributed by atoms with Gasteiger partial charge >= 0.3 is 0 Å². The van der Waals surface area contributed by atoms with Gasteiger partial charge in [-0.2, -0.15) is 0 Å². The highest BCUT2D eigenvalue weighted by molar-refractivity contribution is 5.33. The molecule has 0 heterocycles. The lowest BCUT2D eigenvalue weighted by atomic mass is 10.1. The first-order valence-corrected chi connectivity index (χ1v) is 6.07. The minimum absolute atomic E-state index is 0.555. The Balaban J connectivity index is 1.79. The van der Waals surface area contributed by atoms with E-state index in [-0.39, 0.29) is 0 Å². The monoisotopic (exact) mass is 219 g/mol. The summed E-state index contributed by atoms with van der Waals surface area (Å²) < 4.78 is 0. The molecule has 0 fully saturated rings. The minimum Gasteiger partial charge on any atom is -0.390 e. The summed E-state index contributed by atoms with van der Waals surface area (Å²) in [6.07, 6.45) is 3.06.